The molecular formula is C22H24N6O2S. The van der Waals surface area contributed by atoms with E-state index in [2.05, 4.69) is 25.3 Å². The Kier molecular flexibility index (Phi) is 5.27. The molecule has 4 heterocycles. The van der Waals surface area contributed by atoms with Gasteiger partial charge in [0.05, 0.1) is 18.3 Å². The summed E-state index contributed by atoms with van der Waals surface area (Å²) in [5.41, 5.74) is 3.58. The lowest BCUT2D eigenvalue weighted by Crippen LogP contribution is -2.35. The predicted octanol–water partition coefficient (Wildman–Crippen LogP) is 4.18. The second kappa shape index (κ2) is 8.22. The summed E-state index contributed by atoms with van der Waals surface area (Å²) in [4.78, 5) is 33.2. The fourth-order valence-electron chi connectivity index (χ4n) is 3.88. The van der Waals surface area contributed by atoms with Gasteiger partial charge in [0.2, 0.25) is 0 Å². The molecule has 2 aliphatic heterocycles. The number of piperidine rings is 1. The van der Waals surface area contributed by atoms with Gasteiger partial charge in [0.15, 0.2) is 10.8 Å². The number of carbonyl (C=O) groups is 1. The van der Waals surface area contributed by atoms with Crippen molar-refractivity contribution >= 4 is 45.3 Å². The Bertz CT molecular complexity index is 1170. The molecule has 5 rings (SSSR count). The van der Waals surface area contributed by atoms with Gasteiger partial charge >= 0.3 is 0 Å². The van der Waals surface area contributed by atoms with E-state index >= 15 is 0 Å². The molecule has 0 unspecified atom stereocenters. The zero-order valence-electron chi connectivity index (χ0n) is 17.6. The molecule has 1 N–H and O–H groups in total. The molecule has 1 aromatic carbocycles. The van der Waals surface area contributed by atoms with Gasteiger partial charge < -0.3 is 15.0 Å². The minimum Gasteiger partial charge on any atom is -0.489 e. The molecule has 9 heteroatoms. The molecule has 1 saturated heterocycles. The molecule has 3 aromatic rings. The third-order valence-corrected chi connectivity index (χ3v) is 6.32. The lowest BCUT2D eigenvalue weighted by molar-refractivity contribution is 0.0724. The minimum absolute atomic E-state index is 0.0220. The number of hydrogen-bond donors (Lipinski definition) is 1. The lowest BCUT2D eigenvalue weighted by atomic mass is 10.1. The first kappa shape index (κ1) is 19.9. The van der Waals surface area contributed by atoms with Crippen LogP contribution in [-0.2, 0) is 6.54 Å². The molecular weight excluding hydrogens is 412 g/mol. The smallest absolute Gasteiger partial charge is 0.282 e. The van der Waals surface area contributed by atoms with Crippen LogP contribution in [0.3, 0.4) is 0 Å². The first-order valence-electron chi connectivity index (χ1n) is 10.6. The van der Waals surface area contributed by atoms with Gasteiger partial charge in [-0.2, -0.15) is 0 Å². The Balaban J connectivity index is 1.49. The molecule has 0 atom stereocenters. The van der Waals surface area contributed by atoms with E-state index in [0.29, 0.717) is 27.7 Å². The van der Waals surface area contributed by atoms with Crippen LogP contribution in [-0.4, -0.2) is 51.2 Å². The maximum Gasteiger partial charge on any atom is 0.282 e. The summed E-state index contributed by atoms with van der Waals surface area (Å²) in [6.45, 7) is 6.23. The van der Waals surface area contributed by atoms with Crippen LogP contribution in [0.4, 0.5) is 11.5 Å². The fraction of sp³-hybridized carbons (Fsp3) is 0.409. The van der Waals surface area contributed by atoms with Crippen molar-refractivity contribution in [3.8, 4) is 5.75 Å². The molecule has 160 valence electrons. The largest absolute Gasteiger partial charge is 0.489 e. The van der Waals surface area contributed by atoms with Gasteiger partial charge in [-0.3, -0.25) is 9.79 Å². The molecule has 1 amide bonds. The second-order valence-electron chi connectivity index (χ2n) is 8.06. The van der Waals surface area contributed by atoms with Crippen molar-refractivity contribution in [3.05, 3.63) is 34.6 Å². The summed E-state index contributed by atoms with van der Waals surface area (Å²) in [6.07, 6.45) is 6.66. The van der Waals surface area contributed by atoms with E-state index in [-0.39, 0.29) is 12.0 Å². The van der Waals surface area contributed by atoms with Crippen LogP contribution >= 0.6 is 11.3 Å². The Morgan fingerprint density at radius 1 is 1.19 bits per heavy atom. The van der Waals surface area contributed by atoms with Crippen LogP contribution in [0.2, 0.25) is 0 Å². The van der Waals surface area contributed by atoms with Crippen LogP contribution in [0.5, 0.6) is 5.75 Å². The van der Waals surface area contributed by atoms with Gasteiger partial charge in [-0.15, -0.1) is 0 Å². The Morgan fingerprint density at radius 3 is 2.84 bits per heavy atom. The number of benzene rings is 1. The highest BCUT2D eigenvalue weighted by Crippen LogP contribution is 2.35. The van der Waals surface area contributed by atoms with Crippen molar-refractivity contribution in [1.82, 2.24) is 19.9 Å². The highest BCUT2D eigenvalue weighted by Gasteiger charge is 2.23. The van der Waals surface area contributed by atoms with Crippen molar-refractivity contribution in [2.24, 2.45) is 4.99 Å². The molecule has 2 aromatic heterocycles. The number of thiazole rings is 1. The van der Waals surface area contributed by atoms with Crippen molar-refractivity contribution in [1.29, 1.82) is 0 Å². The number of rotatable bonds is 5. The standard InChI is InChI=1S/C22H24N6O2S/c1-13(2)30-17-9-15-11-23-10-14(15)8-16(17)26-19-18-20(25-12-24-19)31-21(27-18)22(29)28-6-4-3-5-7-28/h8-10,12-13H,3-7,11H2,1-2H3,(H,24,25,26). The van der Waals surface area contributed by atoms with Gasteiger partial charge in [0, 0.05) is 19.3 Å². The number of aromatic nitrogens is 3. The summed E-state index contributed by atoms with van der Waals surface area (Å²) in [5.74, 6) is 1.28. The number of nitrogens with one attached hydrogen (secondary N) is 1. The molecule has 0 radical (unpaired) electrons. The summed E-state index contributed by atoms with van der Waals surface area (Å²) < 4.78 is 6.04. The van der Waals surface area contributed by atoms with E-state index in [1.807, 2.05) is 37.1 Å². The molecule has 2 aliphatic rings. The second-order valence-corrected chi connectivity index (χ2v) is 9.03. The van der Waals surface area contributed by atoms with Gasteiger partial charge in [-0.25, -0.2) is 15.0 Å². The topological polar surface area (TPSA) is 92.6 Å². The molecule has 0 bridgehead atoms. The number of likely N-dealkylation sites (tertiary alicyclic amines) is 1. The molecule has 0 saturated carbocycles. The van der Waals surface area contributed by atoms with Gasteiger partial charge in [-0.05, 0) is 56.4 Å². The van der Waals surface area contributed by atoms with Gasteiger partial charge in [-0.1, -0.05) is 11.3 Å². The van der Waals surface area contributed by atoms with Crippen molar-refractivity contribution in [3.63, 3.8) is 0 Å². The highest BCUT2D eigenvalue weighted by molar-refractivity contribution is 7.19. The monoisotopic (exact) mass is 436 g/mol. The van der Waals surface area contributed by atoms with E-state index in [9.17, 15) is 4.79 Å². The maximum absolute atomic E-state index is 12.9. The SMILES string of the molecule is CC(C)Oc1cc2c(cc1Nc1ncnc3sc(C(=O)N4CCCCC4)nc13)C=NC2. The van der Waals surface area contributed by atoms with E-state index in [1.165, 1.54) is 24.1 Å². The number of carbonyl (C=O) groups excluding carboxylic acids is 1. The number of anilines is 2. The first-order chi connectivity index (χ1) is 15.1. The quantitative estimate of drug-likeness (QED) is 0.645. The molecule has 0 aliphatic carbocycles. The van der Waals surface area contributed by atoms with E-state index in [0.717, 1.165) is 48.5 Å². The summed E-state index contributed by atoms with van der Waals surface area (Å²) in [7, 11) is 0. The Morgan fingerprint density at radius 2 is 2.03 bits per heavy atom. The zero-order valence-corrected chi connectivity index (χ0v) is 18.4. The van der Waals surface area contributed by atoms with Crippen molar-refractivity contribution < 1.29 is 9.53 Å². The Labute approximate surface area is 184 Å². The third kappa shape index (κ3) is 3.97. The normalized spacial score (nSPS) is 15.5. The number of fused-ring (bicyclic) bond motifs is 2. The number of hydrogen-bond acceptors (Lipinski definition) is 8. The van der Waals surface area contributed by atoms with E-state index in [4.69, 9.17) is 4.74 Å². The number of nitrogens with zero attached hydrogens (tertiary/aromatic N) is 5. The van der Waals surface area contributed by atoms with E-state index < -0.39 is 0 Å². The zero-order chi connectivity index (χ0) is 21.4. The molecule has 8 nitrogen and oxygen atoms in total. The van der Waals surface area contributed by atoms with Crippen molar-refractivity contribution in [2.75, 3.05) is 18.4 Å². The molecule has 0 spiro atoms. The summed E-state index contributed by atoms with van der Waals surface area (Å²) >= 11 is 1.31. The van der Waals surface area contributed by atoms with Gasteiger partial charge in [0.25, 0.3) is 5.91 Å². The van der Waals surface area contributed by atoms with Crippen molar-refractivity contribution in [2.45, 2.75) is 45.8 Å². The lowest BCUT2D eigenvalue weighted by Gasteiger charge is -2.25. The average Bonchev–Trinajstić information content (AvgIpc) is 3.40. The van der Waals surface area contributed by atoms with Crippen LogP contribution in [0.15, 0.2) is 23.5 Å². The number of amides is 1. The molecule has 1 fully saturated rings. The number of ether oxygens (including phenoxy) is 1. The summed E-state index contributed by atoms with van der Waals surface area (Å²) in [6, 6.07) is 4.04. The molecule has 31 heavy (non-hydrogen) atoms. The summed E-state index contributed by atoms with van der Waals surface area (Å²) in [5, 5.41) is 3.82. The predicted molar refractivity (Wildman–Crippen MR) is 122 cm³/mol. The first-order valence-corrected chi connectivity index (χ1v) is 11.4. The van der Waals surface area contributed by atoms with E-state index in [1.54, 1.807) is 0 Å². The van der Waals surface area contributed by atoms with Crippen LogP contribution in [0, 0.1) is 0 Å². The maximum atomic E-state index is 12.9. The minimum atomic E-state index is -0.0220. The Hall–Kier alpha value is -3.07. The number of aliphatic imine (C=N–C) groups is 1. The van der Waals surface area contributed by atoms with Crippen LogP contribution in [0.1, 0.15) is 54.0 Å². The third-order valence-electron chi connectivity index (χ3n) is 5.37. The average molecular weight is 437 g/mol. The van der Waals surface area contributed by atoms with Crippen LogP contribution < -0.4 is 10.1 Å². The fourth-order valence-corrected chi connectivity index (χ4v) is 4.76. The highest BCUT2D eigenvalue weighted by atomic mass is 32.1. The van der Waals surface area contributed by atoms with Crippen LogP contribution in [0.25, 0.3) is 10.3 Å². The van der Waals surface area contributed by atoms with Gasteiger partial charge in [0.1, 0.15) is 22.4 Å².